The van der Waals surface area contributed by atoms with Gasteiger partial charge in [0.2, 0.25) is 0 Å². The van der Waals surface area contributed by atoms with E-state index in [1.165, 1.54) is 15.4 Å². The predicted molar refractivity (Wildman–Crippen MR) is 105 cm³/mol. The van der Waals surface area contributed by atoms with Gasteiger partial charge in [-0.05, 0) is 31.5 Å². The van der Waals surface area contributed by atoms with Crippen molar-refractivity contribution in [3.63, 3.8) is 0 Å². The smallest absolute Gasteiger partial charge is 0.158 e. The summed E-state index contributed by atoms with van der Waals surface area (Å²) < 4.78 is 5.40. The van der Waals surface area contributed by atoms with E-state index in [4.69, 9.17) is 4.74 Å². The summed E-state index contributed by atoms with van der Waals surface area (Å²) in [4.78, 5) is 14.4. The highest BCUT2D eigenvalue weighted by Crippen LogP contribution is 2.32. The molecule has 3 aromatic heterocycles. The third-order valence-corrected chi connectivity index (χ3v) is 6.46. The van der Waals surface area contributed by atoms with E-state index in [0.717, 1.165) is 47.2 Å². The van der Waals surface area contributed by atoms with Crippen molar-refractivity contribution < 1.29 is 4.74 Å². The zero-order valence-electron chi connectivity index (χ0n) is 14.2. The maximum Gasteiger partial charge on any atom is 0.158 e. The standard InChI is InChI=1S/C17H19N5OS2/c1-11-12(2)24-17-15(11)16(18-10-19-17)21-20-9-13-3-4-14(25-13)22-5-7-23-8-6-22/h3-4,9-10H,5-8H2,1-2H3,(H,18,19,21)/b20-9-. The van der Waals surface area contributed by atoms with Gasteiger partial charge in [-0.15, -0.1) is 22.7 Å². The number of thiophene rings is 2. The molecule has 8 heteroatoms. The lowest BCUT2D eigenvalue weighted by atomic mass is 10.2. The second kappa shape index (κ2) is 7.07. The maximum absolute atomic E-state index is 5.40. The van der Waals surface area contributed by atoms with Crippen molar-refractivity contribution in [2.24, 2.45) is 5.10 Å². The normalized spacial score (nSPS) is 15.4. The van der Waals surface area contributed by atoms with E-state index in [2.05, 4.69) is 51.4 Å². The summed E-state index contributed by atoms with van der Waals surface area (Å²) in [6.45, 7) is 7.70. The Morgan fingerprint density at radius 1 is 1.20 bits per heavy atom. The Morgan fingerprint density at radius 2 is 2.04 bits per heavy atom. The molecule has 0 atom stereocenters. The number of rotatable bonds is 4. The summed E-state index contributed by atoms with van der Waals surface area (Å²) in [7, 11) is 0. The zero-order valence-corrected chi connectivity index (χ0v) is 15.8. The van der Waals surface area contributed by atoms with Crippen LogP contribution in [0.4, 0.5) is 10.8 Å². The number of morpholine rings is 1. The van der Waals surface area contributed by atoms with E-state index in [1.807, 2.05) is 6.21 Å². The lowest BCUT2D eigenvalue weighted by Gasteiger charge is -2.27. The minimum atomic E-state index is 0.757. The van der Waals surface area contributed by atoms with E-state index >= 15 is 0 Å². The third-order valence-electron chi connectivity index (χ3n) is 4.26. The van der Waals surface area contributed by atoms with Crippen molar-refractivity contribution in [1.29, 1.82) is 0 Å². The van der Waals surface area contributed by atoms with Crippen LogP contribution in [0.25, 0.3) is 10.2 Å². The van der Waals surface area contributed by atoms with E-state index in [9.17, 15) is 0 Å². The van der Waals surface area contributed by atoms with Crippen molar-refractivity contribution >= 4 is 49.9 Å². The van der Waals surface area contributed by atoms with E-state index in [-0.39, 0.29) is 0 Å². The number of anilines is 2. The molecule has 1 fully saturated rings. The van der Waals surface area contributed by atoms with E-state index < -0.39 is 0 Å². The first-order valence-corrected chi connectivity index (χ1v) is 9.78. The second-order valence-corrected chi connectivity index (χ2v) is 8.13. The molecule has 0 saturated carbocycles. The first kappa shape index (κ1) is 16.4. The number of ether oxygens (including phenoxy) is 1. The second-order valence-electron chi connectivity index (χ2n) is 5.83. The first-order chi connectivity index (χ1) is 12.2. The predicted octanol–water partition coefficient (Wildman–Crippen LogP) is 3.65. The molecule has 1 aliphatic heterocycles. The van der Waals surface area contributed by atoms with Crippen LogP contribution in [0.2, 0.25) is 0 Å². The number of hydrogen-bond acceptors (Lipinski definition) is 8. The highest BCUT2D eigenvalue weighted by molar-refractivity contribution is 7.19. The number of hydrogen-bond donors (Lipinski definition) is 1. The Kier molecular flexibility index (Phi) is 4.65. The minimum Gasteiger partial charge on any atom is -0.378 e. The van der Waals surface area contributed by atoms with Crippen LogP contribution in [-0.2, 0) is 4.74 Å². The van der Waals surface area contributed by atoms with Gasteiger partial charge in [-0.1, -0.05) is 0 Å². The van der Waals surface area contributed by atoms with Crippen LogP contribution in [-0.4, -0.2) is 42.5 Å². The molecular weight excluding hydrogens is 354 g/mol. The quantitative estimate of drug-likeness (QED) is 0.559. The van der Waals surface area contributed by atoms with Crippen LogP contribution < -0.4 is 10.3 Å². The van der Waals surface area contributed by atoms with Crippen molar-refractivity contribution in [2.45, 2.75) is 13.8 Å². The lowest BCUT2D eigenvalue weighted by Crippen LogP contribution is -2.35. The fourth-order valence-corrected chi connectivity index (χ4v) is 4.72. The number of aromatic nitrogens is 2. The Hall–Kier alpha value is -2.03. The summed E-state index contributed by atoms with van der Waals surface area (Å²) in [5, 5.41) is 6.70. The third kappa shape index (κ3) is 3.37. The van der Waals surface area contributed by atoms with Crippen LogP contribution in [0.15, 0.2) is 23.6 Å². The van der Waals surface area contributed by atoms with Gasteiger partial charge in [-0.25, -0.2) is 9.97 Å². The average Bonchev–Trinajstić information content (AvgIpc) is 3.22. The van der Waals surface area contributed by atoms with Gasteiger partial charge in [-0.3, -0.25) is 5.43 Å². The average molecular weight is 374 g/mol. The van der Waals surface area contributed by atoms with E-state index in [0.29, 0.717) is 0 Å². The molecule has 1 aliphatic rings. The van der Waals surface area contributed by atoms with E-state index in [1.54, 1.807) is 29.0 Å². The van der Waals surface area contributed by atoms with Crippen molar-refractivity contribution in [1.82, 2.24) is 9.97 Å². The fraction of sp³-hybridized carbons (Fsp3) is 0.353. The summed E-state index contributed by atoms with van der Waals surface area (Å²) in [6.07, 6.45) is 3.42. The molecule has 130 valence electrons. The molecule has 0 unspecified atom stereocenters. The lowest BCUT2D eigenvalue weighted by molar-refractivity contribution is 0.123. The zero-order chi connectivity index (χ0) is 17.2. The largest absolute Gasteiger partial charge is 0.378 e. The Morgan fingerprint density at radius 3 is 2.88 bits per heavy atom. The molecule has 0 radical (unpaired) electrons. The monoisotopic (exact) mass is 373 g/mol. The topological polar surface area (TPSA) is 62.6 Å². The maximum atomic E-state index is 5.40. The number of hydrazone groups is 1. The molecular formula is C17H19N5OS2. The molecule has 0 amide bonds. The molecule has 0 aromatic carbocycles. The molecule has 3 aromatic rings. The Bertz CT molecular complexity index is 911. The van der Waals surface area contributed by atoms with Crippen LogP contribution in [0.5, 0.6) is 0 Å². The minimum absolute atomic E-state index is 0.757. The van der Waals surface area contributed by atoms with Crippen molar-refractivity contribution in [3.05, 3.63) is 33.8 Å². The summed E-state index contributed by atoms with van der Waals surface area (Å²) >= 11 is 3.42. The molecule has 0 aliphatic carbocycles. The Balaban J connectivity index is 1.49. The SMILES string of the molecule is Cc1sc2ncnc(N/N=C\c3ccc(N4CCOCC4)s3)c2c1C. The van der Waals surface area contributed by atoms with Gasteiger partial charge in [0, 0.05) is 22.8 Å². The van der Waals surface area contributed by atoms with Gasteiger partial charge in [0.25, 0.3) is 0 Å². The first-order valence-electron chi connectivity index (χ1n) is 8.14. The highest BCUT2D eigenvalue weighted by atomic mass is 32.1. The summed E-state index contributed by atoms with van der Waals surface area (Å²) in [5.41, 5.74) is 4.29. The van der Waals surface area contributed by atoms with Gasteiger partial charge in [-0.2, -0.15) is 5.10 Å². The van der Waals surface area contributed by atoms with Crippen LogP contribution >= 0.6 is 22.7 Å². The summed E-state index contributed by atoms with van der Waals surface area (Å²) in [5.74, 6) is 0.757. The molecule has 0 bridgehead atoms. The van der Waals surface area contributed by atoms with Crippen LogP contribution in [0, 0.1) is 13.8 Å². The molecule has 6 nitrogen and oxygen atoms in total. The molecule has 1 saturated heterocycles. The number of fused-ring (bicyclic) bond motifs is 1. The van der Waals surface area contributed by atoms with Gasteiger partial charge in [0.15, 0.2) is 5.82 Å². The van der Waals surface area contributed by atoms with Gasteiger partial charge in [0.05, 0.1) is 29.8 Å². The van der Waals surface area contributed by atoms with Gasteiger partial charge >= 0.3 is 0 Å². The molecule has 4 rings (SSSR count). The van der Waals surface area contributed by atoms with Crippen LogP contribution in [0.1, 0.15) is 15.3 Å². The molecule has 25 heavy (non-hydrogen) atoms. The Labute approximate surface area is 154 Å². The number of nitrogens with one attached hydrogen (secondary N) is 1. The van der Waals surface area contributed by atoms with Crippen molar-refractivity contribution in [3.8, 4) is 0 Å². The van der Waals surface area contributed by atoms with Crippen molar-refractivity contribution in [2.75, 3.05) is 36.6 Å². The molecule has 1 N–H and O–H groups in total. The number of aryl methyl sites for hydroxylation is 2. The fourth-order valence-electron chi connectivity index (χ4n) is 2.79. The number of nitrogens with zero attached hydrogens (tertiary/aromatic N) is 4. The van der Waals surface area contributed by atoms with Gasteiger partial charge < -0.3 is 9.64 Å². The molecule has 4 heterocycles. The molecule has 0 spiro atoms. The highest BCUT2D eigenvalue weighted by Gasteiger charge is 2.13. The van der Waals surface area contributed by atoms with Gasteiger partial charge in [0.1, 0.15) is 11.2 Å². The summed E-state index contributed by atoms with van der Waals surface area (Å²) in [6, 6.07) is 4.24. The van der Waals surface area contributed by atoms with Crippen LogP contribution in [0.3, 0.4) is 0 Å².